The molecule has 0 atom stereocenters. The van der Waals surface area contributed by atoms with Gasteiger partial charge in [-0.3, -0.25) is 10.1 Å². The maximum atomic E-state index is 14.4. The third-order valence-corrected chi connectivity index (χ3v) is 6.54. The van der Waals surface area contributed by atoms with Crippen LogP contribution in [0.5, 0.6) is 0 Å². The predicted molar refractivity (Wildman–Crippen MR) is 124 cm³/mol. The minimum atomic E-state index is -4.82. The fraction of sp³-hybridized carbons (Fsp3) is 0.318. The first-order valence-corrected chi connectivity index (χ1v) is 11.7. The summed E-state index contributed by atoms with van der Waals surface area (Å²) >= 11 is 7.35. The number of pyridine rings is 1. The lowest BCUT2D eigenvalue weighted by Crippen LogP contribution is -2.46. The van der Waals surface area contributed by atoms with E-state index in [1.807, 2.05) is 0 Å². The lowest BCUT2D eigenvalue weighted by molar-refractivity contribution is -0.139. The zero-order chi connectivity index (χ0) is 24.5. The summed E-state index contributed by atoms with van der Waals surface area (Å²) < 4.78 is 53.4. The average Bonchev–Trinajstić information content (AvgIpc) is 3.26. The number of hydrogen-bond acceptors (Lipinski definition) is 6. The normalized spacial score (nSPS) is 14.9. The summed E-state index contributed by atoms with van der Waals surface area (Å²) in [5.74, 6) is -1.35. The fourth-order valence-electron chi connectivity index (χ4n) is 3.64. The van der Waals surface area contributed by atoms with Crippen molar-refractivity contribution in [2.24, 2.45) is 0 Å². The van der Waals surface area contributed by atoms with Crippen LogP contribution in [-0.2, 0) is 6.18 Å². The number of amides is 1. The Kier molecular flexibility index (Phi) is 7.06. The topological polar surface area (TPSA) is 61.4 Å². The molecule has 0 aliphatic carbocycles. The van der Waals surface area contributed by atoms with E-state index in [4.69, 9.17) is 11.6 Å². The number of carbonyl (C=O) groups is 1. The molecule has 12 heteroatoms. The Morgan fingerprint density at radius 2 is 1.97 bits per heavy atom. The first kappa shape index (κ1) is 24.4. The Bertz CT molecular complexity index is 1190. The van der Waals surface area contributed by atoms with Crippen molar-refractivity contribution in [3.63, 3.8) is 0 Å². The zero-order valence-electron chi connectivity index (χ0n) is 18.0. The van der Waals surface area contributed by atoms with E-state index in [0.717, 1.165) is 50.1 Å². The molecule has 6 nitrogen and oxygen atoms in total. The van der Waals surface area contributed by atoms with Crippen LogP contribution in [0.2, 0.25) is 5.02 Å². The van der Waals surface area contributed by atoms with Gasteiger partial charge in [-0.25, -0.2) is 14.4 Å². The number of benzene rings is 1. The lowest BCUT2D eigenvalue weighted by atomic mass is 10.1. The summed E-state index contributed by atoms with van der Waals surface area (Å²) in [7, 11) is 0. The van der Waals surface area contributed by atoms with Crippen molar-refractivity contribution >= 4 is 39.8 Å². The van der Waals surface area contributed by atoms with Gasteiger partial charge in [0.15, 0.2) is 5.13 Å². The molecule has 1 saturated heterocycles. The molecule has 0 radical (unpaired) electrons. The molecule has 2 aromatic heterocycles. The molecule has 1 aromatic carbocycles. The van der Waals surface area contributed by atoms with E-state index in [9.17, 15) is 22.4 Å². The van der Waals surface area contributed by atoms with Crippen molar-refractivity contribution < 1.29 is 22.4 Å². The number of halogens is 5. The molecule has 4 rings (SSSR count). The molecule has 0 spiro atoms. The van der Waals surface area contributed by atoms with Gasteiger partial charge < -0.3 is 9.80 Å². The van der Waals surface area contributed by atoms with E-state index in [2.05, 4.69) is 32.0 Å². The van der Waals surface area contributed by atoms with E-state index in [1.54, 1.807) is 0 Å². The summed E-state index contributed by atoms with van der Waals surface area (Å²) in [6.07, 6.45) is -3.42. The monoisotopic (exact) mass is 513 g/mol. The highest BCUT2D eigenvalue weighted by Gasteiger charge is 2.35. The molecule has 0 bridgehead atoms. The molecule has 1 amide bonds. The van der Waals surface area contributed by atoms with Crippen molar-refractivity contribution in [3.05, 3.63) is 57.8 Å². The van der Waals surface area contributed by atoms with E-state index in [0.29, 0.717) is 16.9 Å². The lowest BCUT2D eigenvalue weighted by Gasteiger charge is -2.35. The van der Waals surface area contributed by atoms with Crippen molar-refractivity contribution in [1.29, 1.82) is 0 Å². The first-order chi connectivity index (χ1) is 16.2. The second-order valence-corrected chi connectivity index (χ2v) is 8.87. The number of hydrogen-bond donors (Lipinski definition) is 1. The number of nitrogens with one attached hydrogen (secondary N) is 1. The summed E-state index contributed by atoms with van der Waals surface area (Å²) in [6, 6.07) is 4.48. The molecule has 1 fully saturated rings. The maximum Gasteiger partial charge on any atom is 0.419 e. The van der Waals surface area contributed by atoms with Crippen LogP contribution in [-0.4, -0.2) is 53.5 Å². The third-order valence-electron chi connectivity index (χ3n) is 5.51. The Balaban J connectivity index is 1.47. The third kappa shape index (κ3) is 5.16. The smallest absolute Gasteiger partial charge is 0.353 e. The van der Waals surface area contributed by atoms with Crippen molar-refractivity contribution in [2.75, 3.05) is 42.9 Å². The van der Waals surface area contributed by atoms with Crippen LogP contribution in [0.25, 0.3) is 11.3 Å². The summed E-state index contributed by atoms with van der Waals surface area (Å²) in [5, 5.41) is 4.37. The molecular formula is C22H20ClF4N5OS. The van der Waals surface area contributed by atoms with E-state index in [1.165, 1.54) is 23.7 Å². The number of thiazole rings is 1. The zero-order valence-corrected chi connectivity index (χ0v) is 19.6. The molecule has 1 N–H and O–H groups in total. The maximum absolute atomic E-state index is 14.4. The fourth-order valence-corrected chi connectivity index (χ4v) is 4.63. The minimum Gasteiger partial charge on any atom is -0.353 e. The van der Waals surface area contributed by atoms with Crippen molar-refractivity contribution in [2.45, 2.75) is 13.1 Å². The second-order valence-electron chi connectivity index (χ2n) is 7.61. The number of nitrogens with zero attached hydrogens (tertiary/aromatic N) is 4. The molecule has 3 aromatic rings. The van der Waals surface area contributed by atoms with Crippen LogP contribution in [0, 0.1) is 5.82 Å². The standard InChI is InChI=1S/C22H20ClF4N5OS/c1-2-31-6-8-32(9-7-31)19-16(23)10-13(11-28-19)20(33)30-21-29-17(12-34-21)14-4-3-5-15(18(14)24)22(25,26)27/h3-5,10-12H,2,6-9H2,1H3,(H,29,30,33). The second kappa shape index (κ2) is 9.85. The van der Waals surface area contributed by atoms with Crippen LogP contribution in [0.3, 0.4) is 0 Å². The Labute approximate surface area is 202 Å². The highest BCUT2D eigenvalue weighted by molar-refractivity contribution is 7.14. The van der Waals surface area contributed by atoms with E-state index >= 15 is 0 Å². The number of piperazine rings is 1. The highest BCUT2D eigenvalue weighted by atomic mass is 35.5. The summed E-state index contributed by atoms with van der Waals surface area (Å²) in [5.41, 5.74) is -1.49. The SMILES string of the molecule is CCN1CCN(c2ncc(C(=O)Nc3nc(-c4cccc(C(F)(F)F)c4F)cs3)cc2Cl)CC1. The minimum absolute atomic E-state index is 0.0124. The molecule has 1 aliphatic rings. The van der Waals surface area contributed by atoms with E-state index in [-0.39, 0.29) is 22.0 Å². The quantitative estimate of drug-likeness (QED) is 0.462. The number of carbonyl (C=O) groups excluding carboxylic acids is 1. The van der Waals surface area contributed by atoms with Gasteiger partial charge in [0.25, 0.3) is 5.91 Å². The van der Waals surface area contributed by atoms with Gasteiger partial charge in [-0.05, 0) is 24.7 Å². The van der Waals surface area contributed by atoms with Gasteiger partial charge in [0.2, 0.25) is 0 Å². The predicted octanol–water partition coefficient (Wildman–Crippen LogP) is 5.41. The molecule has 180 valence electrons. The van der Waals surface area contributed by atoms with Crippen molar-refractivity contribution in [1.82, 2.24) is 14.9 Å². The van der Waals surface area contributed by atoms with Crippen LogP contribution in [0.15, 0.2) is 35.8 Å². The first-order valence-electron chi connectivity index (χ1n) is 10.4. The summed E-state index contributed by atoms with van der Waals surface area (Å²) in [6.45, 7) is 6.44. The Morgan fingerprint density at radius 1 is 1.24 bits per heavy atom. The van der Waals surface area contributed by atoms with Crippen LogP contribution in [0.4, 0.5) is 28.5 Å². The Hall–Kier alpha value is -2.76. The molecule has 0 saturated carbocycles. The largest absolute Gasteiger partial charge is 0.419 e. The number of anilines is 2. The van der Waals surface area contributed by atoms with Gasteiger partial charge in [0, 0.05) is 43.3 Å². The van der Waals surface area contributed by atoms with Gasteiger partial charge in [0.05, 0.1) is 21.8 Å². The molecule has 1 aliphatic heterocycles. The molecule has 3 heterocycles. The number of rotatable bonds is 5. The Morgan fingerprint density at radius 3 is 2.62 bits per heavy atom. The average molecular weight is 514 g/mol. The van der Waals surface area contributed by atoms with Gasteiger partial charge >= 0.3 is 6.18 Å². The van der Waals surface area contributed by atoms with Gasteiger partial charge in [-0.15, -0.1) is 11.3 Å². The van der Waals surface area contributed by atoms with Crippen LogP contribution in [0.1, 0.15) is 22.8 Å². The number of aromatic nitrogens is 2. The van der Waals surface area contributed by atoms with Crippen LogP contribution < -0.4 is 10.2 Å². The molecule has 34 heavy (non-hydrogen) atoms. The number of alkyl halides is 3. The van der Waals surface area contributed by atoms with E-state index < -0.39 is 23.5 Å². The van der Waals surface area contributed by atoms with Gasteiger partial charge in [-0.1, -0.05) is 24.6 Å². The number of likely N-dealkylation sites (N-methyl/N-ethyl adjacent to an activating group) is 1. The summed E-state index contributed by atoms with van der Waals surface area (Å²) in [4.78, 5) is 25.5. The molecular weight excluding hydrogens is 494 g/mol. The molecule has 0 unspecified atom stereocenters. The van der Waals surface area contributed by atoms with Gasteiger partial charge in [-0.2, -0.15) is 13.2 Å². The van der Waals surface area contributed by atoms with Crippen LogP contribution >= 0.6 is 22.9 Å². The van der Waals surface area contributed by atoms with Gasteiger partial charge in [0.1, 0.15) is 11.6 Å². The van der Waals surface area contributed by atoms with Crippen molar-refractivity contribution in [3.8, 4) is 11.3 Å². The highest BCUT2D eigenvalue weighted by Crippen LogP contribution is 2.36.